The largest absolute Gasteiger partial charge is 0.465 e. The number of carboxylic acid groups (broad SMARTS) is 1. The number of morpholine rings is 1. The predicted molar refractivity (Wildman–Crippen MR) is 122 cm³/mol. The maximum absolute atomic E-state index is 13.2. The summed E-state index contributed by atoms with van der Waals surface area (Å²) in [4.78, 5) is 49.9. The van der Waals surface area contributed by atoms with Crippen LogP contribution in [0.3, 0.4) is 0 Å². The van der Waals surface area contributed by atoms with E-state index in [9.17, 15) is 19.2 Å². The predicted octanol–water partition coefficient (Wildman–Crippen LogP) is 1.45. The van der Waals surface area contributed by atoms with Crippen LogP contribution in [0.4, 0.5) is 16.2 Å². The zero-order valence-corrected chi connectivity index (χ0v) is 18.5. The molecule has 0 spiro atoms. The van der Waals surface area contributed by atoms with Crippen LogP contribution in [0.5, 0.6) is 0 Å². The molecule has 1 aliphatic heterocycles. The summed E-state index contributed by atoms with van der Waals surface area (Å²) in [6, 6.07) is 14.0. The summed E-state index contributed by atoms with van der Waals surface area (Å²) < 4.78 is 10.7. The van der Waals surface area contributed by atoms with Gasteiger partial charge in [0.05, 0.1) is 18.2 Å². The van der Waals surface area contributed by atoms with E-state index in [1.807, 2.05) is 11.4 Å². The number of nitrogens with one attached hydrogen (secondary N) is 3. The molecule has 0 bridgehead atoms. The SMILES string of the molecule is CC(=O)O[C@@H](C(=O)Nc1ccc(C(=N)NC(=O)O)cc1)[C@H]1OCCN(c2cccc(C#N)c2)C1=O. The average Bonchev–Trinajstić information content (AvgIpc) is 2.82. The number of amides is 3. The van der Waals surface area contributed by atoms with Crippen molar-refractivity contribution in [1.82, 2.24) is 5.32 Å². The Kier molecular flexibility index (Phi) is 7.75. The van der Waals surface area contributed by atoms with Gasteiger partial charge >= 0.3 is 12.1 Å². The lowest BCUT2D eigenvalue weighted by Gasteiger charge is -2.35. The van der Waals surface area contributed by atoms with E-state index >= 15 is 0 Å². The van der Waals surface area contributed by atoms with E-state index in [4.69, 9.17) is 25.3 Å². The first-order chi connectivity index (χ1) is 16.7. The first-order valence-electron chi connectivity index (χ1n) is 10.3. The van der Waals surface area contributed by atoms with Crippen molar-refractivity contribution in [3.05, 3.63) is 59.7 Å². The fourth-order valence-corrected chi connectivity index (χ4v) is 3.37. The Balaban J connectivity index is 1.79. The van der Waals surface area contributed by atoms with Crippen molar-refractivity contribution >= 4 is 41.1 Å². The number of esters is 1. The standard InChI is InChI=1S/C23H21N5O7/c1-13(29)35-18(21(30)26-16-7-5-15(6-8-16)20(25)27-23(32)33)19-22(31)28(9-10-34-19)17-4-2-3-14(11-17)12-24/h2-8,11,18-19H,9-10H2,1H3,(H2,25,27)(H,26,30)(H,32,33)/t18-,19-/m1/s1. The number of carbonyl (C=O) groups excluding carboxylic acids is 3. The number of ether oxygens (including phenoxy) is 2. The number of hydrogen-bond acceptors (Lipinski definition) is 8. The van der Waals surface area contributed by atoms with E-state index in [2.05, 4.69) is 5.32 Å². The molecule has 4 N–H and O–H groups in total. The lowest BCUT2D eigenvalue weighted by molar-refractivity contribution is -0.167. The average molecular weight is 479 g/mol. The Morgan fingerprint density at radius 1 is 1.26 bits per heavy atom. The number of rotatable bonds is 6. The number of nitrogens with zero attached hydrogens (tertiary/aromatic N) is 2. The van der Waals surface area contributed by atoms with Gasteiger partial charge in [-0.15, -0.1) is 0 Å². The molecule has 2 aromatic rings. The molecule has 0 aromatic heterocycles. The Labute approximate surface area is 199 Å². The molecule has 1 heterocycles. The molecule has 0 aliphatic carbocycles. The second-order valence-electron chi connectivity index (χ2n) is 7.35. The van der Waals surface area contributed by atoms with Crippen molar-refractivity contribution in [3.8, 4) is 6.07 Å². The highest BCUT2D eigenvalue weighted by Crippen LogP contribution is 2.23. The van der Waals surface area contributed by atoms with Crippen LogP contribution in [0.25, 0.3) is 0 Å². The molecule has 1 fully saturated rings. The van der Waals surface area contributed by atoms with Crippen molar-refractivity contribution in [3.63, 3.8) is 0 Å². The Bertz CT molecular complexity index is 1210. The van der Waals surface area contributed by atoms with Crippen molar-refractivity contribution in [2.75, 3.05) is 23.4 Å². The normalized spacial score (nSPS) is 15.9. The highest BCUT2D eigenvalue weighted by Gasteiger charge is 2.42. The fraction of sp³-hybridized carbons (Fsp3) is 0.217. The summed E-state index contributed by atoms with van der Waals surface area (Å²) in [7, 11) is 0. The van der Waals surface area contributed by atoms with Gasteiger partial charge in [0.15, 0.2) is 6.10 Å². The first kappa shape index (κ1) is 24.9. The Hall–Kier alpha value is -4.76. The molecule has 35 heavy (non-hydrogen) atoms. The topological polar surface area (TPSA) is 182 Å². The van der Waals surface area contributed by atoms with Gasteiger partial charge in [0, 0.05) is 30.4 Å². The van der Waals surface area contributed by atoms with Crippen molar-refractivity contribution < 1.29 is 33.8 Å². The third kappa shape index (κ3) is 6.18. The maximum atomic E-state index is 13.2. The first-order valence-corrected chi connectivity index (χ1v) is 10.3. The lowest BCUT2D eigenvalue weighted by Crippen LogP contribution is -2.56. The van der Waals surface area contributed by atoms with Gasteiger partial charge < -0.3 is 24.8 Å². The summed E-state index contributed by atoms with van der Waals surface area (Å²) in [5.74, 6) is -2.59. The van der Waals surface area contributed by atoms with Gasteiger partial charge in [-0.3, -0.25) is 25.1 Å². The van der Waals surface area contributed by atoms with Gasteiger partial charge in [-0.2, -0.15) is 5.26 Å². The van der Waals surface area contributed by atoms with E-state index in [0.29, 0.717) is 11.3 Å². The molecule has 0 saturated carbocycles. The molecule has 12 nitrogen and oxygen atoms in total. The highest BCUT2D eigenvalue weighted by atomic mass is 16.6. The summed E-state index contributed by atoms with van der Waals surface area (Å²) >= 11 is 0. The van der Waals surface area contributed by atoms with Crippen LogP contribution in [0.2, 0.25) is 0 Å². The number of nitriles is 1. The molecular formula is C23H21N5O7. The minimum Gasteiger partial charge on any atom is -0.465 e. The molecule has 0 unspecified atom stereocenters. The minimum atomic E-state index is -1.60. The lowest BCUT2D eigenvalue weighted by atomic mass is 10.1. The number of anilines is 2. The number of benzene rings is 2. The highest BCUT2D eigenvalue weighted by molar-refractivity contribution is 6.06. The number of hydrogen-bond donors (Lipinski definition) is 4. The quantitative estimate of drug-likeness (QED) is 0.273. The molecule has 3 amide bonds. The van der Waals surface area contributed by atoms with Gasteiger partial charge in [-0.05, 0) is 42.5 Å². The molecule has 1 saturated heterocycles. The fourth-order valence-electron chi connectivity index (χ4n) is 3.37. The molecule has 3 rings (SSSR count). The zero-order valence-electron chi connectivity index (χ0n) is 18.5. The van der Waals surface area contributed by atoms with Gasteiger partial charge in [0.2, 0.25) is 6.10 Å². The third-order valence-electron chi connectivity index (χ3n) is 4.91. The Morgan fingerprint density at radius 3 is 2.60 bits per heavy atom. The summed E-state index contributed by atoms with van der Waals surface area (Å²) in [6.07, 6.45) is -4.42. The smallest absolute Gasteiger partial charge is 0.410 e. The zero-order chi connectivity index (χ0) is 25.5. The van der Waals surface area contributed by atoms with Crippen molar-refractivity contribution in [2.45, 2.75) is 19.1 Å². The van der Waals surface area contributed by atoms with Gasteiger partial charge in [-0.25, -0.2) is 4.79 Å². The Morgan fingerprint density at radius 2 is 1.97 bits per heavy atom. The maximum Gasteiger partial charge on any atom is 0.410 e. The van der Waals surface area contributed by atoms with Crippen LogP contribution in [0.15, 0.2) is 48.5 Å². The van der Waals surface area contributed by atoms with Crippen LogP contribution >= 0.6 is 0 Å². The van der Waals surface area contributed by atoms with Crippen LogP contribution in [-0.4, -0.2) is 60.2 Å². The molecule has 1 aliphatic rings. The van der Waals surface area contributed by atoms with E-state index < -0.39 is 36.1 Å². The van der Waals surface area contributed by atoms with Gasteiger partial charge in [0.25, 0.3) is 11.8 Å². The molecular weight excluding hydrogens is 458 g/mol. The van der Waals surface area contributed by atoms with Crippen LogP contribution < -0.4 is 15.5 Å². The monoisotopic (exact) mass is 479 g/mol. The summed E-state index contributed by atoms with van der Waals surface area (Å²) in [5.41, 5.74) is 1.30. The van der Waals surface area contributed by atoms with Crippen molar-refractivity contribution in [2.24, 2.45) is 0 Å². The minimum absolute atomic E-state index is 0.0611. The molecule has 2 atom stereocenters. The molecule has 180 valence electrons. The van der Waals surface area contributed by atoms with E-state index in [-0.39, 0.29) is 30.2 Å². The third-order valence-corrected chi connectivity index (χ3v) is 4.91. The van der Waals surface area contributed by atoms with Crippen LogP contribution in [-0.2, 0) is 23.9 Å². The number of amidine groups is 1. The van der Waals surface area contributed by atoms with Gasteiger partial charge in [0.1, 0.15) is 5.84 Å². The van der Waals surface area contributed by atoms with Crippen LogP contribution in [0, 0.1) is 16.7 Å². The second-order valence-corrected chi connectivity index (χ2v) is 7.35. The molecule has 12 heteroatoms. The molecule has 0 radical (unpaired) electrons. The summed E-state index contributed by atoms with van der Waals surface area (Å²) in [6.45, 7) is 1.33. The van der Waals surface area contributed by atoms with Crippen LogP contribution in [0.1, 0.15) is 18.1 Å². The van der Waals surface area contributed by atoms with E-state index in [1.54, 1.807) is 18.2 Å². The molecule has 2 aromatic carbocycles. The van der Waals surface area contributed by atoms with Crippen molar-refractivity contribution in [1.29, 1.82) is 10.7 Å². The van der Waals surface area contributed by atoms with E-state index in [0.717, 1.165) is 6.92 Å². The summed E-state index contributed by atoms with van der Waals surface area (Å²) in [5, 5.41) is 30.0. The number of carbonyl (C=O) groups is 4. The second kappa shape index (κ2) is 10.9. The van der Waals surface area contributed by atoms with E-state index in [1.165, 1.54) is 35.2 Å². The van der Waals surface area contributed by atoms with Gasteiger partial charge in [-0.1, -0.05) is 6.07 Å².